The molecule has 0 N–H and O–H groups in total. The van der Waals surface area contributed by atoms with Crippen LogP contribution in [0.4, 0.5) is 5.69 Å². The molecule has 0 heterocycles. The molecule has 0 amide bonds. The van der Waals surface area contributed by atoms with Crippen LogP contribution in [0.2, 0.25) is 0 Å². The van der Waals surface area contributed by atoms with E-state index in [0.717, 1.165) is 48.2 Å². The maximum absolute atomic E-state index is 5.15. The van der Waals surface area contributed by atoms with Gasteiger partial charge in [0.15, 0.2) is 0 Å². The molecule has 240 valence electrons. The van der Waals surface area contributed by atoms with Crippen molar-refractivity contribution in [1.29, 1.82) is 0 Å². The van der Waals surface area contributed by atoms with Crippen molar-refractivity contribution in [3.05, 3.63) is 175 Å². The summed E-state index contributed by atoms with van der Waals surface area (Å²) in [5, 5.41) is 5.15. The van der Waals surface area contributed by atoms with Gasteiger partial charge in [-0.05, 0) is 37.5 Å². The Hall–Kier alpha value is -3.43. The molecule has 0 spiro atoms. The van der Waals surface area contributed by atoms with E-state index in [2.05, 4.69) is 79.7 Å². The van der Waals surface area contributed by atoms with Gasteiger partial charge in [0.1, 0.15) is 0 Å². The van der Waals surface area contributed by atoms with Crippen molar-refractivity contribution in [2.24, 2.45) is 4.99 Å². The first-order valence-electron chi connectivity index (χ1n) is 16.4. The van der Waals surface area contributed by atoms with Crippen LogP contribution in [-0.4, -0.2) is 12.3 Å². The molecule has 5 rings (SSSR count). The smallest absolute Gasteiger partial charge is 0.656 e. The molecule has 0 bridgehead atoms. The zero-order chi connectivity index (χ0) is 32.9. The fraction of sp³-hybridized carbons (Fsp3) is 0.302. The van der Waals surface area contributed by atoms with E-state index in [0.29, 0.717) is 11.8 Å². The zero-order valence-corrected chi connectivity index (χ0v) is 32.5. The van der Waals surface area contributed by atoms with Gasteiger partial charge >= 0.3 is 25.8 Å². The van der Waals surface area contributed by atoms with Gasteiger partial charge in [0.25, 0.3) is 0 Å². The second-order valence-corrected chi connectivity index (χ2v) is 11.8. The second-order valence-electron chi connectivity index (χ2n) is 11.8. The third kappa shape index (κ3) is 16.2. The minimum absolute atomic E-state index is 0. The van der Waals surface area contributed by atoms with Crippen LogP contribution < -0.4 is 0 Å². The number of allylic oxidation sites excluding steroid dienone is 2. The van der Waals surface area contributed by atoms with Crippen molar-refractivity contribution in [1.82, 2.24) is 0 Å². The van der Waals surface area contributed by atoms with Crippen molar-refractivity contribution in [2.75, 3.05) is 6.54 Å². The summed E-state index contributed by atoms with van der Waals surface area (Å²) in [7, 11) is 0. The van der Waals surface area contributed by atoms with Crippen LogP contribution in [0.25, 0.3) is 5.32 Å². The summed E-state index contributed by atoms with van der Waals surface area (Å²) in [5.74, 6) is 0.958. The molecule has 0 radical (unpaired) electrons. The van der Waals surface area contributed by atoms with Gasteiger partial charge in [-0.3, -0.25) is 4.99 Å². The number of hydrogen-bond donors (Lipinski definition) is 0. The predicted molar refractivity (Wildman–Crippen MR) is 199 cm³/mol. The van der Waals surface area contributed by atoms with Gasteiger partial charge in [-0.2, -0.15) is 73.9 Å². The standard InChI is InChI=1S/C22H33N2.3C7H7.Hf/c1-6-7-15-23-20-13-8-9-14-21(20)24-22-18(16(2)3)11-10-12-19(22)17(4)5;3*1-7-5-3-2-4-6-7;/h10-12,14,16-17H,6-9,13,15H2,1-5H3;3*2-6H,1H2;/q4*-1;+4. The Kier molecular flexibility index (Phi) is 21.0. The van der Waals surface area contributed by atoms with Crippen LogP contribution in [0.15, 0.2) is 126 Å². The first-order valence-corrected chi connectivity index (χ1v) is 16.4. The number of unbranched alkanes of at least 4 members (excludes halogenated alkanes) is 1. The fourth-order valence-corrected chi connectivity index (χ4v) is 4.59. The Morgan fingerprint density at radius 2 is 1.09 bits per heavy atom. The van der Waals surface area contributed by atoms with Crippen molar-refractivity contribution >= 4 is 11.4 Å². The topological polar surface area (TPSA) is 26.5 Å². The Morgan fingerprint density at radius 1 is 0.652 bits per heavy atom. The molecule has 4 aromatic rings. The number of benzene rings is 4. The molecule has 46 heavy (non-hydrogen) atoms. The van der Waals surface area contributed by atoms with Crippen molar-refractivity contribution < 1.29 is 25.8 Å². The van der Waals surface area contributed by atoms with Gasteiger partial charge in [0.2, 0.25) is 0 Å². The Morgan fingerprint density at radius 3 is 1.43 bits per heavy atom. The SMILES string of the molecule is CCCCN=C1CCCC=C1[N-]c1c(C(C)C)cccc1C(C)C.[CH2-]c1ccccc1.[CH2-]c1ccccc1.[CH2-]c1ccccc1.[Hf+4]. The summed E-state index contributed by atoms with van der Waals surface area (Å²) in [6, 6.07) is 36.3. The van der Waals surface area contributed by atoms with Crippen molar-refractivity contribution in [3.63, 3.8) is 0 Å². The third-order valence-electron chi connectivity index (χ3n) is 7.17. The zero-order valence-electron chi connectivity index (χ0n) is 28.9. The van der Waals surface area contributed by atoms with Crippen molar-refractivity contribution in [2.45, 2.75) is 78.6 Å². The number of hydrogen-bond acceptors (Lipinski definition) is 1. The van der Waals surface area contributed by atoms with E-state index in [9.17, 15) is 0 Å². The minimum atomic E-state index is 0. The molecule has 0 fully saturated rings. The quantitative estimate of drug-likeness (QED) is 0.102. The number of aliphatic imine (C=N–C) groups is 1. The Bertz CT molecular complexity index is 1280. The van der Waals surface area contributed by atoms with E-state index >= 15 is 0 Å². The van der Waals surface area contributed by atoms with Crippen molar-refractivity contribution in [3.8, 4) is 0 Å². The monoisotopic (exact) mass is 778 g/mol. The molecule has 0 aromatic heterocycles. The third-order valence-corrected chi connectivity index (χ3v) is 7.17. The van der Waals surface area contributed by atoms with E-state index < -0.39 is 0 Å². The maximum Gasteiger partial charge on any atom is 4.00 e. The molecular weight excluding hydrogens is 723 g/mol. The van der Waals surface area contributed by atoms with Crippen LogP contribution in [0.5, 0.6) is 0 Å². The fourth-order valence-electron chi connectivity index (χ4n) is 4.59. The average Bonchev–Trinajstić information content (AvgIpc) is 3.04. The van der Waals surface area contributed by atoms with E-state index in [1.807, 2.05) is 91.0 Å². The Labute approximate surface area is 300 Å². The number of rotatable bonds is 7. The minimum Gasteiger partial charge on any atom is -0.656 e. The normalized spacial score (nSPS) is 12.7. The van der Waals surface area contributed by atoms with Gasteiger partial charge < -0.3 is 5.32 Å². The molecule has 4 aromatic carbocycles. The van der Waals surface area contributed by atoms with Gasteiger partial charge in [-0.1, -0.05) is 94.6 Å². The summed E-state index contributed by atoms with van der Waals surface area (Å²) >= 11 is 0. The van der Waals surface area contributed by atoms with Crippen LogP contribution in [0.3, 0.4) is 0 Å². The van der Waals surface area contributed by atoms with E-state index in [1.54, 1.807) is 0 Å². The van der Waals surface area contributed by atoms with Crippen LogP contribution in [0.1, 0.15) is 106 Å². The number of para-hydroxylation sites is 1. The molecule has 0 unspecified atom stereocenters. The molecule has 1 aliphatic carbocycles. The summed E-state index contributed by atoms with van der Waals surface area (Å²) in [6.45, 7) is 23.3. The van der Waals surface area contributed by atoms with E-state index in [1.165, 1.54) is 35.4 Å². The van der Waals surface area contributed by atoms with Crippen LogP contribution in [-0.2, 0) is 25.8 Å². The molecule has 2 nitrogen and oxygen atoms in total. The van der Waals surface area contributed by atoms with Gasteiger partial charge in [-0.15, -0.1) is 47.8 Å². The summed E-state index contributed by atoms with van der Waals surface area (Å²) in [4.78, 5) is 4.85. The first kappa shape index (κ1) is 40.6. The predicted octanol–water partition coefficient (Wildman–Crippen LogP) is 12.9. The summed E-state index contributed by atoms with van der Waals surface area (Å²) in [5.41, 5.74) is 9.42. The van der Waals surface area contributed by atoms with Crippen LogP contribution >= 0.6 is 0 Å². The van der Waals surface area contributed by atoms with Gasteiger partial charge in [0.05, 0.1) is 0 Å². The largest absolute Gasteiger partial charge is 4.00 e. The molecule has 3 heteroatoms. The van der Waals surface area contributed by atoms with Crippen LogP contribution in [0, 0.1) is 20.8 Å². The first-order chi connectivity index (χ1) is 21.7. The molecule has 0 atom stereocenters. The van der Waals surface area contributed by atoms with Gasteiger partial charge in [0, 0.05) is 12.3 Å². The summed E-state index contributed by atoms with van der Waals surface area (Å²) in [6.07, 6.45) is 8.03. The maximum atomic E-state index is 5.15. The second kappa shape index (κ2) is 23.8. The molecule has 1 aliphatic rings. The molecule has 0 aliphatic heterocycles. The average molecular weight is 777 g/mol. The van der Waals surface area contributed by atoms with E-state index in [-0.39, 0.29) is 25.8 Å². The number of nitrogens with zero attached hydrogens (tertiary/aromatic N) is 2. The molecule has 0 saturated heterocycles. The summed E-state index contributed by atoms with van der Waals surface area (Å²) < 4.78 is 0. The van der Waals surface area contributed by atoms with Gasteiger partial charge in [-0.25, -0.2) is 0 Å². The van der Waals surface area contributed by atoms with E-state index in [4.69, 9.17) is 10.3 Å². The Balaban J connectivity index is 0.000000385. The molecular formula is C43H54HfN2. The molecule has 0 saturated carbocycles.